The Morgan fingerprint density at radius 3 is 2.53 bits per heavy atom. The number of benzene rings is 1. The van der Waals surface area contributed by atoms with Crippen LogP contribution in [0.3, 0.4) is 0 Å². The van der Waals surface area contributed by atoms with Crippen molar-refractivity contribution in [1.82, 2.24) is 0 Å². The van der Waals surface area contributed by atoms with E-state index in [9.17, 15) is 0 Å². The van der Waals surface area contributed by atoms with Crippen LogP contribution in [-0.4, -0.2) is 12.7 Å². The lowest BCUT2D eigenvalue weighted by Crippen LogP contribution is -2.25. The van der Waals surface area contributed by atoms with E-state index in [1.165, 1.54) is 11.1 Å². The second kappa shape index (κ2) is 6.18. The first-order chi connectivity index (χ1) is 8.00. The van der Waals surface area contributed by atoms with Gasteiger partial charge in [-0.05, 0) is 44.2 Å². The van der Waals surface area contributed by atoms with Gasteiger partial charge in [0.15, 0.2) is 0 Å². The Kier molecular flexibility index (Phi) is 5.16. The molecule has 0 radical (unpaired) electrons. The predicted molar refractivity (Wildman–Crippen MR) is 73.1 cm³/mol. The van der Waals surface area contributed by atoms with E-state index in [0.29, 0.717) is 0 Å². The molecule has 0 amide bonds. The van der Waals surface area contributed by atoms with Gasteiger partial charge in [-0.3, -0.25) is 0 Å². The Hall–Kier alpha value is -0.860. The zero-order chi connectivity index (χ0) is 12.9. The molecule has 0 fully saturated rings. The summed E-state index contributed by atoms with van der Waals surface area (Å²) in [6, 6.07) is 8.56. The van der Waals surface area contributed by atoms with Crippen molar-refractivity contribution in [2.75, 3.05) is 7.11 Å². The molecule has 96 valence electrons. The van der Waals surface area contributed by atoms with Crippen molar-refractivity contribution in [2.45, 2.75) is 51.7 Å². The average Bonchev–Trinajstić information content (AvgIpc) is 2.36. The predicted octanol–water partition coefficient (Wildman–Crippen LogP) is 3.45. The molecular weight excluding hydrogens is 210 g/mol. The maximum Gasteiger partial charge on any atom is 0.0623 e. The molecular formula is C15H25NO. The van der Waals surface area contributed by atoms with Crippen LogP contribution in [0, 0.1) is 0 Å². The minimum Gasteiger partial charge on any atom is -0.379 e. The third-order valence-electron chi connectivity index (χ3n) is 3.45. The van der Waals surface area contributed by atoms with Gasteiger partial charge in [0.2, 0.25) is 0 Å². The summed E-state index contributed by atoms with van der Waals surface area (Å²) in [5.74, 6) is 0. The van der Waals surface area contributed by atoms with Crippen molar-refractivity contribution in [3.63, 3.8) is 0 Å². The van der Waals surface area contributed by atoms with Gasteiger partial charge in [-0.2, -0.15) is 0 Å². The van der Waals surface area contributed by atoms with Crippen LogP contribution in [0.15, 0.2) is 24.3 Å². The minimum absolute atomic E-state index is 0.0845. The molecule has 1 aromatic rings. The fourth-order valence-electron chi connectivity index (χ4n) is 1.98. The first kappa shape index (κ1) is 14.2. The monoisotopic (exact) mass is 235 g/mol. The van der Waals surface area contributed by atoms with Crippen molar-refractivity contribution < 1.29 is 4.74 Å². The number of hydrogen-bond donors (Lipinski definition) is 1. The largest absolute Gasteiger partial charge is 0.379 e. The molecule has 1 atom stereocenters. The van der Waals surface area contributed by atoms with Crippen LogP contribution in [0.4, 0.5) is 0 Å². The highest BCUT2D eigenvalue weighted by atomic mass is 16.5. The van der Waals surface area contributed by atoms with E-state index in [2.05, 4.69) is 45.0 Å². The summed E-state index contributed by atoms with van der Waals surface area (Å²) in [5.41, 5.74) is 8.83. The lowest BCUT2D eigenvalue weighted by Gasteiger charge is -2.25. The summed E-state index contributed by atoms with van der Waals surface area (Å²) in [5, 5.41) is 0. The number of nitrogens with two attached hydrogens (primary N) is 1. The van der Waals surface area contributed by atoms with Gasteiger partial charge in [0.05, 0.1) is 5.60 Å². The lowest BCUT2D eigenvalue weighted by molar-refractivity contribution is 0.0125. The summed E-state index contributed by atoms with van der Waals surface area (Å²) >= 11 is 0. The van der Waals surface area contributed by atoms with E-state index in [0.717, 1.165) is 19.3 Å². The summed E-state index contributed by atoms with van der Waals surface area (Å²) in [6.07, 6.45) is 2.97. The molecule has 0 heterocycles. The highest BCUT2D eigenvalue weighted by Gasteiger charge is 2.19. The molecule has 0 spiro atoms. The van der Waals surface area contributed by atoms with Crippen LogP contribution < -0.4 is 5.73 Å². The van der Waals surface area contributed by atoms with E-state index in [-0.39, 0.29) is 11.6 Å². The maximum atomic E-state index is 6.28. The smallest absolute Gasteiger partial charge is 0.0623 e. The van der Waals surface area contributed by atoms with Crippen LogP contribution in [0.1, 0.15) is 50.8 Å². The van der Waals surface area contributed by atoms with Crippen LogP contribution in [-0.2, 0) is 11.2 Å². The number of aryl methyl sites for hydroxylation is 1. The zero-order valence-electron chi connectivity index (χ0n) is 11.5. The molecule has 1 unspecified atom stereocenters. The SMILES string of the molecule is CCc1ccccc1C(N)CCC(C)(C)OC. The second-order valence-electron chi connectivity index (χ2n) is 5.16. The van der Waals surface area contributed by atoms with E-state index in [1.54, 1.807) is 7.11 Å². The molecule has 2 N–H and O–H groups in total. The number of methoxy groups -OCH3 is 1. The van der Waals surface area contributed by atoms with Gasteiger partial charge in [0, 0.05) is 13.2 Å². The molecule has 0 aliphatic rings. The van der Waals surface area contributed by atoms with E-state index in [4.69, 9.17) is 10.5 Å². The zero-order valence-corrected chi connectivity index (χ0v) is 11.5. The molecule has 0 bridgehead atoms. The first-order valence-electron chi connectivity index (χ1n) is 6.38. The van der Waals surface area contributed by atoms with E-state index < -0.39 is 0 Å². The quantitative estimate of drug-likeness (QED) is 0.819. The van der Waals surface area contributed by atoms with Gasteiger partial charge in [0.1, 0.15) is 0 Å². The van der Waals surface area contributed by atoms with Gasteiger partial charge in [-0.15, -0.1) is 0 Å². The Labute approximate surface area is 105 Å². The van der Waals surface area contributed by atoms with Gasteiger partial charge < -0.3 is 10.5 Å². The normalized spacial score (nSPS) is 13.7. The molecule has 1 aromatic carbocycles. The Morgan fingerprint density at radius 2 is 1.94 bits per heavy atom. The summed E-state index contributed by atoms with van der Waals surface area (Å²) in [7, 11) is 1.76. The topological polar surface area (TPSA) is 35.2 Å². The number of hydrogen-bond acceptors (Lipinski definition) is 2. The summed E-state index contributed by atoms with van der Waals surface area (Å²) < 4.78 is 5.42. The van der Waals surface area contributed by atoms with Crippen molar-refractivity contribution in [2.24, 2.45) is 5.73 Å². The molecule has 0 aromatic heterocycles. The van der Waals surface area contributed by atoms with Gasteiger partial charge in [0.25, 0.3) is 0 Å². The van der Waals surface area contributed by atoms with Crippen LogP contribution >= 0.6 is 0 Å². The number of ether oxygens (including phenoxy) is 1. The molecule has 2 nitrogen and oxygen atoms in total. The van der Waals surface area contributed by atoms with Crippen molar-refractivity contribution in [3.05, 3.63) is 35.4 Å². The molecule has 0 saturated carbocycles. The first-order valence-corrected chi connectivity index (χ1v) is 6.38. The van der Waals surface area contributed by atoms with Crippen LogP contribution in [0.5, 0.6) is 0 Å². The molecule has 0 aliphatic heterocycles. The van der Waals surface area contributed by atoms with Crippen molar-refractivity contribution in [3.8, 4) is 0 Å². The van der Waals surface area contributed by atoms with E-state index in [1.807, 2.05) is 0 Å². The third kappa shape index (κ3) is 4.14. The van der Waals surface area contributed by atoms with Gasteiger partial charge in [-0.25, -0.2) is 0 Å². The standard InChI is InChI=1S/C15H25NO/c1-5-12-8-6-7-9-13(12)14(16)10-11-15(2,3)17-4/h6-9,14H,5,10-11,16H2,1-4H3. The highest BCUT2D eigenvalue weighted by molar-refractivity contribution is 5.29. The van der Waals surface area contributed by atoms with Gasteiger partial charge >= 0.3 is 0 Å². The minimum atomic E-state index is -0.0845. The van der Waals surface area contributed by atoms with Gasteiger partial charge in [-0.1, -0.05) is 31.2 Å². The summed E-state index contributed by atoms with van der Waals surface area (Å²) in [4.78, 5) is 0. The molecule has 2 heteroatoms. The lowest BCUT2D eigenvalue weighted by atomic mass is 9.92. The fourth-order valence-corrected chi connectivity index (χ4v) is 1.98. The summed E-state index contributed by atoms with van der Waals surface area (Å²) in [6.45, 7) is 6.38. The highest BCUT2D eigenvalue weighted by Crippen LogP contribution is 2.25. The van der Waals surface area contributed by atoms with E-state index >= 15 is 0 Å². The second-order valence-corrected chi connectivity index (χ2v) is 5.16. The molecule has 0 aliphatic carbocycles. The Morgan fingerprint density at radius 1 is 1.29 bits per heavy atom. The van der Waals surface area contributed by atoms with Crippen molar-refractivity contribution in [1.29, 1.82) is 0 Å². The molecule has 17 heavy (non-hydrogen) atoms. The average molecular weight is 235 g/mol. The number of rotatable bonds is 6. The Bertz CT molecular complexity index is 347. The van der Waals surface area contributed by atoms with Crippen LogP contribution in [0.25, 0.3) is 0 Å². The fraction of sp³-hybridized carbons (Fsp3) is 0.600. The Balaban J connectivity index is 2.67. The molecule has 1 rings (SSSR count). The van der Waals surface area contributed by atoms with Crippen LogP contribution in [0.2, 0.25) is 0 Å². The third-order valence-corrected chi connectivity index (χ3v) is 3.45. The maximum absolute atomic E-state index is 6.28. The van der Waals surface area contributed by atoms with Crippen molar-refractivity contribution >= 4 is 0 Å². The molecule has 0 saturated heterocycles.